The zero-order chi connectivity index (χ0) is 11.7. The summed E-state index contributed by atoms with van der Waals surface area (Å²) >= 11 is 0. The molecule has 0 radical (unpaired) electrons. The number of hydrogen-bond donors (Lipinski definition) is 0. The summed E-state index contributed by atoms with van der Waals surface area (Å²) in [6, 6.07) is 0. The number of hydrogen-bond acceptors (Lipinski definition) is 2. The highest BCUT2D eigenvalue weighted by Crippen LogP contribution is 2.07. The van der Waals surface area contributed by atoms with Crippen LogP contribution in [-0.2, 0) is 9.53 Å². The lowest BCUT2D eigenvalue weighted by molar-refractivity contribution is -0.120. The van der Waals surface area contributed by atoms with E-state index in [1.54, 1.807) is 0 Å². The van der Waals surface area contributed by atoms with Crippen molar-refractivity contribution in [2.24, 2.45) is 5.92 Å². The minimum Gasteiger partial charge on any atom is -0.375 e. The van der Waals surface area contributed by atoms with Crippen molar-refractivity contribution in [2.75, 3.05) is 13.2 Å². The Hall–Kier alpha value is -0.510. The van der Waals surface area contributed by atoms with Gasteiger partial charge >= 0.3 is 0 Å². The first-order valence-corrected chi connectivity index (χ1v) is 5.40. The van der Waals surface area contributed by atoms with E-state index in [9.17, 15) is 13.6 Å². The first kappa shape index (κ1) is 14.5. The van der Waals surface area contributed by atoms with Crippen LogP contribution in [0.5, 0.6) is 0 Å². The van der Waals surface area contributed by atoms with Gasteiger partial charge in [-0.25, -0.2) is 8.78 Å². The van der Waals surface area contributed by atoms with Crippen molar-refractivity contribution in [1.29, 1.82) is 0 Å². The van der Waals surface area contributed by atoms with Crippen LogP contribution < -0.4 is 0 Å². The lowest BCUT2D eigenvalue weighted by Gasteiger charge is -2.04. The second-order valence-corrected chi connectivity index (χ2v) is 4.04. The van der Waals surface area contributed by atoms with Crippen LogP contribution in [0.15, 0.2) is 0 Å². The van der Waals surface area contributed by atoms with Crippen molar-refractivity contribution in [1.82, 2.24) is 0 Å². The third-order valence-electron chi connectivity index (χ3n) is 2.01. The van der Waals surface area contributed by atoms with E-state index < -0.39 is 13.0 Å². The second kappa shape index (κ2) is 8.77. The van der Waals surface area contributed by atoms with Gasteiger partial charge in [0, 0.05) is 12.8 Å². The van der Waals surface area contributed by atoms with Gasteiger partial charge in [0.2, 0.25) is 0 Å². The Bertz CT molecular complexity index is 170. The lowest BCUT2D eigenvalue weighted by atomic mass is 10.0. The van der Waals surface area contributed by atoms with Gasteiger partial charge in [-0.05, 0) is 12.3 Å². The number of rotatable bonds is 9. The van der Waals surface area contributed by atoms with Gasteiger partial charge in [0.15, 0.2) is 0 Å². The average molecular weight is 222 g/mol. The molecule has 0 amide bonds. The minimum atomic E-state index is -2.44. The van der Waals surface area contributed by atoms with Gasteiger partial charge in [0.1, 0.15) is 12.4 Å². The van der Waals surface area contributed by atoms with E-state index in [0.717, 1.165) is 12.8 Å². The first-order chi connectivity index (χ1) is 7.02. The zero-order valence-electron chi connectivity index (χ0n) is 9.47. The number of ether oxygens (including phenoxy) is 1. The molecule has 0 aromatic heterocycles. The highest BCUT2D eigenvalue weighted by molar-refractivity contribution is 5.78. The smallest absolute Gasteiger partial charge is 0.261 e. The summed E-state index contributed by atoms with van der Waals surface area (Å²) in [5, 5.41) is 0. The molecule has 0 N–H and O–H groups in total. The molecular weight excluding hydrogens is 202 g/mol. The van der Waals surface area contributed by atoms with Crippen molar-refractivity contribution >= 4 is 5.78 Å². The van der Waals surface area contributed by atoms with Gasteiger partial charge in [-0.2, -0.15) is 0 Å². The van der Waals surface area contributed by atoms with Crippen LogP contribution in [-0.4, -0.2) is 25.4 Å². The Labute approximate surface area is 90.0 Å². The molecule has 0 aliphatic carbocycles. The molecule has 0 aromatic rings. The van der Waals surface area contributed by atoms with Crippen LogP contribution in [0.3, 0.4) is 0 Å². The summed E-state index contributed by atoms with van der Waals surface area (Å²) in [5.74, 6) is 0.706. The Morgan fingerprint density at radius 2 is 1.93 bits per heavy atom. The molecule has 0 aliphatic rings. The Kier molecular flexibility index (Phi) is 8.47. The molecule has 0 heterocycles. The third kappa shape index (κ3) is 11.4. The molecule has 0 aliphatic heterocycles. The molecule has 0 saturated carbocycles. The average Bonchev–Trinajstić information content (AvgIpc) is 2.11. The number of halogens is 2. The molecule has 0 rings (SSSR count). The van der Waals surface area contributed by atoms with Crippen LogP contribution in [0, 0.1) is 5.92 Å². The molecule has 0 saturated heterocycles. The predicted molar refractivity (Wildman–Crippen MR) is 55.1 cm³/mol. The van der Waals surface area contributed by atoms with E-state index in [2.05, 4.69) is 18.6 Å². The molecule has 4 heteroatoms. The highest BCUT2D eigenvalue weighted by Gasteiger charge is 2.05. The molecule has 90 valence electrons. The molecule has 0 aromatic carbocycles. The summed E-state index contributed by atoms with van der Waals surface area (Å²) in [7, 11) is 0. The maximum Gasteiger partial charge on any atom is 0.261 e. The number of alkyl halides is 2. The monoisotopic (exact) mass is 222 g/mol. The van der Waals surface area contributed by atoms with Gasteiger partial charge in [-0.1, -0.05) is 20.3 Å². The van der Waals surface area contributed by atoms with Gasteiger partial charge in [0.25, 0.3) is 6.43 Å². The van der Waals surface area contributed by atoms with Crippen molar-refractivity contribution in [3.8, 4) is 0 Å². The number of Topliss-reactive ketones (excluding diaryl/α,β-unsaturated/α-hetero) is 1. The third-order valence-corrected chi connectivity index (χ3v) is 2.01. The largest absolute Gasteiger partial charge is 0.375 e. The van der Waals surface area contributed by atoms with Gasteiger partial charge in [0.05, 0.1) is 6.61 Å². The molecule has 15 heavy (non-hydrogen) atoms. The Balaban J connectivity index is 3.26. The summed E-state index contributed by atoms with van der Waals surface area (Å²) < 4.78 is 27.9. The van der Waals surface area contributed by atoms with Gasteiger partial charge < -0.3 is 4.74 Å². The summed E-state index contributed by atoms with van der Waals surface area (Å²) in [6.45, 7) is 3.76. The van der Waals surface area contributed by atoms with E-state index >= 15 is 0 Å². The van der Waals surface area contributed by atoms with E-state index in [4.69, 9.17) is 0 Å². The van der Waals surface area contributed by atoms with E-state index in [1.165, 1.54) is 0 Å². The molecule has 0 fully saturated rings. The molecule has 0 unspecified atom stereocenters. The zero-order valence-corrected chi connectivity index (χ0v) is 9.47. The van der Waals surface area contributed by atoms with Crippen LogP contribution in [0.2, 0.25) is 0 Å². The van der Waals surface area contributed by atoms with Crippen LogP contribution in [0.4, 0.5) is 8.78 Å². The normalized spacial score (nSPS) is 11.3. The van der Waals surface area contributed by atoms with Crippen molar-refractivity contribution in [3.63, 3.8) is 0 Å². The van der Waals surface area contributed by atoms with E-state index in [0.29, 0.717) is 12.3 Å². The molecule has 0 atom stereocenters. The molecule has 2 nitrogen and oxygen atoms in total. The number of carbonyl (C=O) groups is 1. The van der Waals surface area contributed by atoms with Crippen molar-refractivity contribution < 1.29 is 18.3 Å². The Morgan fingerprint density at radius 3 is 2.47 bits per heavy atom. The predicted octanol–water partition coefficient (Wildman–Crippen LogP) is 3.05. The lowest BCUT2D eigenvalue weighted by Crippen LogP contribution is -2.09. The number of ketones is 1. The molecule has 0 spiro atoms. The number of carbonyl (C=O) groups excluding carboxylic acids is 1. The van der Waals surface area contributed by atoms with E-state index in [1.807, 2.05) is 0 Å². The fraction of sp³-hybridized carbons (Fsp3) is 0.909. The van der Waals surface area contributed by atoms with E-state index in [-0.39, 0.29) is 18.8 Å². The van der Waals surface area contributed by atoms with Crippen LogP contribution >= 0.6 is 0 Å². The van der Waals surface area contributed by atoms with Crippen LogP contribution in [0.1, 0.15) is 39.5 Å². The Morgan fingerprint density at radius 1 is 1.27 bits per heavy atom. The maximum atomic E-state index is 11.6. The molecular formula is C11H20F2O2. The quantitative estimate of drug-likeness (QED) is 0.560. The topological polar surface area (TPSA) is 26.3 Å². The van der Waals surface area contributed by atoms with Crippen LogP contribution in [0.25, 0.3) is 0 Å². The van der Waals surface area contributed by atoms with Crippen molar-refractivity contribution in [3.05, 3.63) is 0 Å². The van der Waals surface area contributed by atoms with Gasteiger partial charge in [-0.3, -0.25) is 4.79 Å². The maximum absolute atomic E-state index is 11.6. The first-order valence-electron chi connectivity index (χ1n) is 5.40. The summed E-state index contributed by atoms with van der Waals surface area (Å²) in [5.41, 5.74) is 0. The SMILES string of the molecule is CC(C)CCCC(=O)CCOCC(F)F. The fourth-order valence-electron chi connectivity index (χ4n) is 1.19. The van der Waals surface area contributed by atoms with Gasteiger partial charge in [-0.15, -0.1) is 0 Å². The minimum absolute atomic E-state index is 0.102. The standard InChI is InChI=1S/C11H20F2O2/c1-9(2)4-3-5-10(14)6-7-15-8-11(12)13/h9,11H,3-8H2,1-2H3. The summed E-state index contributed by atoms with van der Waals surface area (Å²) in [4.78, 5) is 11.2. The van der Waals surface area contributed by atoms with Crippen molar-refractivity contribution in [2.45, 2.75) is 46.0 Å². The highest BCUT2D eigenvalue weighted by atomic mass is 19.3. The summed E-state index contributed by atoms with van der Waals surface area (Å²) in [6.07, 6.45) is 0.261. The second-order valence-electron chi connectivity index (χ2n) is 4.04. The fourth-order valence-corrected chi connectivity index (χ4v) is 1.19. The molecule has 0 bridgehead atoms.